The van der Waals surface area contributed by atoms with E-state index in [-0.39, 0.29) is 19.4 Å². The second-order valence-electron chi connectivity index (χ2n) is 3.18. The molecular formula is C8H13F2NO. The van der Waals surface area contributed by atoms with Gasteiger partial charge in [-0.05, 0) is 13.0 Å². The summed E-state index contributed by atoms with van der Waals surface area (Å²) in [5.41, 5.74) is 0. The van der Waals surface area contributed by atoms with Crippen molar-refractivity contribution in [3.8, 4) is 0 Å². The number of likely N-dealkylation sites (tertiary alicyclic amines) is 1. The van der Waals surface area contributed by atoms with Crippen LogP contribution in [-0.2, 0) is 4.79 Å². The van der Waals surface area contributed by atoms with Gasteiger partial charge in [0.1, 0.15) is 6.29 Å². The summed E-state index contributed by atoms with van der Waals surface area (Å²) in [5.74, 6) is -2.52. The van der Waals surface area contributed by atoms with E-state index in [0.29, 0.717) is 19.5 Å². The van der Waals surface area contributed by atoms with Crippen molar-refractivity contribution in [3.63, 3.8) is 0 Å². The van der Waals surface area contributed by atoms with Crippen LogP contribution in [0.25, 0.3) is 0 Å². The van der Waals surface area contributed by atoms with Crippen LogP contribution in [-0.4, -0.2) is 36.7 Å². The number of hydrogen-bond donors (Lipinski definition) is 0. The van der Waals surface area contributed by atoms with Crippen molar-refractivity contribution in [2.45, 2.75) is 25.2 Å². The Morgan fingerprint density at radius 1 is 1.33 bits per heavy atom. The van der Waals surface area contributed by atoms with Gasteiger partial charge in [-0.2, -0.15) is 0 Å². The van der Waals surface area contributed by atoms with Gasteiger partial charge in [0, 0.05) is 19.4 Å². The zero-order chi connectivity index (χ0) is 9.03. The molecule has 0 aromatic heterocycles. The lowest BCUT2D eigenvalue weighted by Crippen LogP contribution is -2.27. The van der Waals surface area contributed by atoms with Gasteiger partial charge >= 0.3 is 0 Å². The number of hydrogen-bond acceptors (Lipinski definition) is 2. The number of alkyl halides is 2. The van der Waals surface area contributed by atoms with Gasteiger partial charge in [-0.1, -0.05) is 0 Å². The molecule has 0 radical (unpaired) electrons. The molecule has 1 aliphatic heterocycles. The van der Waals surface area contributed by atoms with Crippen molar-refractivity contribution in [1.82, 2.24) is 4.90 Å². The van der Waals surface area contributed by atoms with E-state index in [9.17, 15) is 13.6 Å². The SMILES string of the molecule is O=CCN1CCCC(F)(F)CC1. The first-order valence-electron chi connectivity index (χ1n) is 4.18. The molecule has 2 nitrogen and oxygen atoms in total. The van der Waals surface area contributed by atoms with Crippen molar-refractivity contribution in [2.24, 2.45) is 0 Å². The van der Waals surface area contributed by atoms with Gasteiger partial charge in [0.15, 0.2) is 0 Å². The number of rotatable bonds is 2. The lowest BCUT2D eigenvalue weighted by Gasteiger charge is -2.16. The Hall–Kier alpha value is -0.510. The molecule has 0 spiro atoms. The van der Waals surface area contributed by atoms with Crippen LogP contribution in [0.2, 0.25) is 0 Å². The van der Waals surface area contributed by atoms with Crippen LogP contribution >= 0.6 is 0 Å². The highest BCUT2D eigenvalue weighted by molar-refractivity contribution is 5.51. The van der Waals surface area contributed by atoms with Gasteiger partial charge in [0.25, 0.3) is 0 Å². The Balaban J connectivity index is 2.39. The fraction of sp³-hybridized carbons (Fsp3) is 0.875. The van der Waals surface area contributed by atoms with E-state index in [1.807, 2.05) is 0 Å². The summed E-state index contributed by atoms with van der Waals surface area (Å²) >= 11 is 0. The third-order valence-electron chi connectivity index (χ3n) is 2.14. The highest BCUT2D eigenvalue weighted by atomic mass is 19.3. The molecule has 4 heteroatoms. The van der Waals surface area contributed by atoms with E-state index in [0.717, 1.165) is 6.29 Å². The van der Waals surface area contributed by atoms with Gasteiger partial charge in [0.05, 0.1) is 6.54 Å². The average molecular weight is 177 g/mol. The molecule has 1 saturated heterocycles. The Labute approximate surface area is 70.5 Å². The largest absolute Gasteiger partial charge is 0.302 e. The molecule has 1 aliphatic rings. The van der Waals surface area contributed by atoms with E-state index >= 15 is 0 Å². The minimum absolute atomic E-state index is 0.0393. The number of carbonyl (C=O) groups is 1. The molecule has 1 rings (SSSR count). The zero-order valence-electron chi connectivity index (χ0n) is 6.93. The Morgan fingerprint density at radius 2 is 2.08 bits per heavy atom. The smallest absolute Gasteiger partial charge is 0.249 e. The van der Waals surface area contributed by atoms with Crippen LogP contribution in [0.4, 0.5) is 8.78 Å². The minimum Gasteiger partial charge on any atom is -0.302 e. The molecule has 0 N–H and O–H groups in total. The van der Waals surface area contributed by atoms with Crippen LogP contribution in [0.5, 0.6) is 0 Å². The summed E-state index contributed by atoms with van der Waals surface area (Å²) in [6.07, 6.45) is 1.10. The van der Waals surface area contributed by atoms with Crippen LogP contribution in [0.1, 0.15) is 19.3 Å². The number of carbonyl (C=O) groups excluding carboxylic acids is 1. The topological polar surface area (TPSA) is 20.3 Å². The van der Waals surface area contributed by atoms with Crippen LogP contribution in [0.3, 0.4) is 0 Å². The summed E-state index contributed by atoms with van der Waals surface area (Å²) in [6, 6.07) is 0. The van der Waals surface area contributed by atoms with Gasteiger partial charge in [0.2, 0.25) is 5.92 Å². The van der Waals surface area contributed by atoms with Crippen LogP contribution in [0, 0.1) is 0 Å². The zero-order valence-corrected chi connectivity index (χ0v) is 6.93. The predicted molar refractivity (Wildman–Crippen MR) is 41.3 cm³/mol. The Bertz CT molecular complexity index is 161. The quantitative estimate of drug-likeness (QED) is 0.593. The Kier molecular flexibility index (Phi) is 3.14. The summed E-state index contributed by atoms with van der Waals surface area (Å²) < 4.78 is 25.5. The summed E-state index contributed by atoms with van der Waals surface area (Å²) in [6.45, 7) is 1.25. The van der Waals surface area contributed by atoms with Crippen molar-refractivity contribution in [1.29, 1.82) is 0 Å². The van der Waals surface area contributed by atoms with E-state index < -0.39 is 5.92 Å². The van der Waals surface area contributed by atoms with E-state index in [2.05, 4.69) is 0 Å². The molecule has 1 heterocycles. The molecule has 70 valence electrons. The predicted octanol–water partition coefficient (Wildman–Crippen LogP) is 1.31. The minimum atomic E-state index is -2.52. The molecule has 0 saturated carbocycles. The second-order valence-corrected chi connectivity index (χ2v) is 3.18. The molecule has 0 aromatic rings. The van der Waals surface area contributed by atoms with Crippen molar-refractivity contribution >= 4 is 6.29 Å². The fourth-order valence-electron chi connectivity index (χ4n) is 1.41. The highest BCUT2D eigenvalue weighted by Gasteiger charge is 2.31. The molecule has 0 aliphatic carbocycles. The first kappa shape index (κ1) is 9.58. The first-order valence-corrected chi connectivity index (χ1v) is 4.18. The molecule has 0 amide bonds. The molecule has 12 heavy (non-hydrogen) atoms. The molecular weight excluding hydrogens is 164 g/mol. The summed E-state index contributed by atoms with van der Waals surface area (Å²) in [4.78, 5) is 11.9. The van der Waals surface area contributed by atoms with Crippen molar-refractivity contribution in [2.75, 3.05) is 19.6 Å². The molecule has 0 atom stereocenters. The lowest BCUT2D eigenvalue weighted by molar-refractivity contribution is -0.109. The Morgan fingerprint density at radius 3 is 2.75 bits per heavy atom. The van der Waals surface area contributed by atoms with Gasteiger partial charge < -0.3 is 4.79 Å². The lowest BCUT2D eigenvalue weighted by atomic mass is 10.1. The maximum absolute atomic E-state index is 12.8. The van der Waals surface area contributed by atoms with Crippen LogP contribution in [0.15, 0.2) is 0 Å². The second kappa shape index (κ2) is 3.94. The number of aldehydes is 1. The molecule has 1 fully saturated rings. The molecule has 0 aromatic carbocycles. The van der Waals surface area contributed by atoms with Gasteiger partial charge in [-0.25, -0.2) is 8.78 Å². The number of nitrogens with zero attached hydrogens (tertiary/aromatic N) is 1. The maximum Gasteiger partial charge on any atom is 0.249 e. The van der Waals surface area contributed by atoms with E-state index in [1.165, 1.54) is 0 Å². The monoisotopic (exact) mass is 177 g/mol. The number of halogens is 2. The third-order valence-corrected chi connectivity index (χ3v) is 2.14. The fourth-order valence-corrected chi connectivity index (χ4v) is 1.41. The highest BCUT2D eigenvalue weighted by Crippen LogP contribution is 2.27. The molecule has 0 unspecified atom stereocenters. The molecule has 0 bridgehead atoms. The maximum atomic E-state index is 12.8. The van der Waals surface area contributed by atoms with Gasteiger partial charge in [-0.3, -0.25) is 4.90 Å². The average Bonchev–Trinajstić information content (AvgIpc) is 2.14. The normalized spacial score (nSPS) is 24.8. The summed E-state index contributed by atoms with van der Waals surface area (Å²) in [5, 5.41) is 0. The van der Waals surface area contributed by atoms with E-state index in [1.54, 1.807) is 4.90 Å². The standard InChI is InChI=1S/C8H13F2NO/c9-8(10)2-1-4-11(5-3-8)6-7-12/h7H,1-6H2. The van der Waals surface area contributed by atoms with Crippen LogP contribution < -0.4 is 0 Å². The van der Waals surface area contributed by atoms with Crippen molar-refractivity contribution < 1.29 is 13.6 Å². The van der Waals surface area contributed by atoms with E-state index in [4.69, 9.17) is 0 Å². The van der Waals surface area contributed by atoms with Crippen molar-refractivity contribution in [3.05, 3.63) is 0 Å². The summed E-state index contributed by atoms with van der Waals surface area (Å²) in [7, 11) is 0. The first-order chi connectivity index (χ1) is 5.64. The third kappa shape index (κ3) is 2.85. The van der Waals surface area contributed by atoms with Gasteiger partial charge in [-0.15, -0.1) is 0 Å².